The van der Waals surface area contributed by atoms with Gasteiger partial charge in [0.05, 0.1) is 11.7 Å². The zero-order valence-electron chi connectivity index (χ0n) is 13.4. The quantitative estimate of drug-likeness (QED) is 0.337. The number of aromatic amines is 1. The summed E-state index contributed by atoms with van der Waals surface area (Å²) in [6.45, 7) is 0.182. The van der Waals surface area contributed by atoms with Gasteiger partial charge in [-0.15, -0.1) is 0 Å². The number of rotatable bonds is 5. The fourth-order valence-corrected chi connectivity index (χ4v) is 2.68. The molecule has 0 fully saturated rings. The molecular weight excluding hydrogens is 336 g/mol. The smallest absolute Gasteiger partial charge is 0.253 e. The number of fused-ring (bicyclic) bond motifs is 1. The summed E-state index contributed by atoms with van der Waals surface area (Å²) in [5, 5.41) is 23.0. The standard InChI is InChI=1S/C17H14N6O3/c18-17-10-5-9(1-2-11(10)22-23-17)21-14-13(15(25)16(14)26)20-6-8-3-4-19-7-12(8)24/h1-5,7,20-21,24H,6H2,(H3,18,22,23). The van der Waals surface area contributed by atoms with E-state index in [0.29, 0.717) is 22.5 Å². The van der Waals surface area contributed by atoms with Crippen LogP contribution >= 0.6 is 0 Å². The van der Waals surface area contributed by atoms with Gasteiger partial charge in [-0.3, -0.25) is 19.7 Å². The van der Waals surface area contributed by atoms with Gasteiger partial charge in [-0.05, 0) is 24.3 Å². The second-order valence-electron chi connectivity index (χ2n) is 5.76. The van der Waals surface area contributed by atoms with Crippen molar-refractivity contribution >= 4 is 33.8 Å². The number of hydrogen-bond acceptors (Lipinski definition) is 8. The number of pyridine rings is 1. The molecular formula is C17H14N6O3. The Morgan fingerprint density at radius 1 is 1.15 bits per heavy atom. The van der Waals surface area contributed by atoms with Crippen molar-refractivity contribution < 1.29 is 5.11 Å². The van der Waals surface area contributed by atoms with Crippen molar-refractivity contribution in [1.82, 2.24) is 15.2 Å². The Kier molecular flexibility index (Phi) is 3.54. The minimum Gasteiger partial charge on any atom is -0.506 e. The Balaban J connectivity index is 1.58. The van der Waals surface area contributed by atoms with Gasteiger partial charge in [0.1, 0.15) is 17.1 Å². The summed E-state index contributed by atoms with van der Waals surface area (Å²) in [5.41, 5.74) is 6.85. The van der Waals surface area contributed by atoms with E-state index in [0.717, 1.165) is 5.52 Å². The Labute approximate surface area is 146 Å². The summed E-state index contributed by atoms with van der Waals surface area (Å²) in [4.78, 5) is 27.6. The lowest BCUT2D eigenvalue weighted by molar-refractivity contribution is 0.466. The van der Waals surface area contributed by atoms with Crippen molar-refractivity contribution in [2.75, 3.05) is 16.4 Å². The van der Waals surface area contributed by atoms with E-state index in [1.807, 2.05) is 0 Å². The topological polar surface area (TPSA) is 146 Å². The monoisotopic (exact) mass is 350 g/mol. The van der Waals surface area contributed by atoms with Crippen molar-refractivity contribution in [2.45, 2.75) is 6.54 Å². The SMILES string of the molecule is Nc1n[nH]c2ccc(Nc3c(NCc4ccncc4O)c(=O)c3=O)cc12. The van der Waals surface area contributed by atoms with Crippen LogP contribution in [0.4, 0.5) is 22.9 Å². The molecule has 0 aliphatic carbocycles. The first-order valence-electron chi connectivity index (χ1n) is 7.74. The number of aromatic hydroxyl groups is 1. The van der Waals surface area contributed by atoms with Gasteiger partial charge in [-0.1, -0.05) is 0 Å². The lowest BCUT2D eigenvalue weighted by Gasteiger charge is -2.15. The molecule has 0 aliphatic rings. The minimum absolute atomic E-state index is 0.00842. The van der Waals surface area contributed by atoms with Crippen LogP contribution < -0.4 is 27.2 Å². The van der Waals surface area contributed by atoms with Gasteiger partial charge in [0.25, 0.3) is 10.9 Å². The zero-order valence-corrected chi connectivity index (χ0v) is 13.4. The molecule has 2 heterocycles. The third-order valence-electron chi connectivity index (χ3n) is 4.12. The Hall–Kier alpha value is -3.88. The first-order valence-corrected chi connectivity index (χ1v) is 7.74. The van der Waals surface area contributed by atoms with Crippen LogP contribution in [0.1, 0.15) is 5.56 Å². The number of nitrogens with zero attached hydrogens (tertiary/aromatic N) is 2. The number of H-pyrrole nitrogens is 1. The molecule has 0 aliphatic heterocycles. The Morgan fingerprint density at radius 2 is 1.96 bits per heavy atom. The van der Waals surface area contributed by atoms with E-state index in [9.17, 15) is 14.7 Å². The summed E-state index contributed by atoms with van der Waals surface area (Å²) < 4.78 is 0. The summed E-state index contributed by atoms with van der Waals surface area (Å²) in [6.07, 6.45) is 2.84. The molecule has 4 rings (SSSR count). The van der Waals surface area contributed by atoms with Crippen LogP contribution in [0.15, 0.2) is 46.2 Å². The molecule has 4 aromatic rings. The normalized spacial score (nSPS) is 11.1. The van der Waals surface area contributed by atoms with E-state index >= 15 is 0 Å². The number of nitrogens with two attached hydrogens (primary N) is 1. The molecule has 2 aromatic carbocycles. The highest BCUT2D eigenvalue weighted by Gasteiger charge is 2.21. The van der Waals surface area contributed by atoms with Crippen molar-refractivity contribution in [3.63, 3.8) is 0 Å². The van der Waals surface area contributed by atoms with Gasteiger partial charge in [0, 0.05) is 29.4 Å². The predicted octanol–water partition coefficient (Wildman–Crippen LogP) is 1.20. The van der Waals surface area contributed by atoms with Gasteiger partial charge in [-0.25, -0.2) is 0 Å². The lowest BCUT2D eigenvalue weighted by Crippen LogP contribution is -2.36. The molecule has 0 saturated carbocycles. The molecule has 130 valence electrons. The zero-order chi connectivity index (χ0) is 18.3. The third kappa shape index (κ3) is 2.51. The van der Waals surface area contributed by atoms with E-state index in [-0.39, 0.29) is 23.7 Å². The maximum Gasteiger partial charge on any atom is 0.253 e. The van der Waals surface area contributed by atoms with Gasteiger partial charge >= 0.3 is 0 Å². The molecule has 0 unspecified atom stereocenters. The first-order chi connectivity index (χ1) is 12.5. The molecule has 9 heteroatoms. The molecule has 0 spiro atoms. The van der Waals surface area contributed by atoms with Gasteiger partial charge in [0.15, 0.2) is 5.82 Å². The van der Waals surface area contributed by atoms with E-state index in [1.54, 1.807) is 24.3 Å². The van der Waals surface area contributed by atoms with E-state index in [1.165, 1.54) is 12.4 Å². The molecule has 0 saturated heterocycles. The molecule has 0 radical (unpaired) electrons. The number of anilines is 4. The second kappa shape index (κ2) is 5.88. The fraction of sp³-hybridized carbons (Fsp3) is 0.0588. The predicted molar refractivity (Wildman–Crippen MR) is 98.4 cm³/mol. The molecule has 0 atom stereocenters. The molecule has 0 amide bonds. The number of hydrogen-bond donors (Lipinski definition) is 5. The van der Waals surface area contributed by atoms with E-state index < -0.39 is 10.9 Å². The maximum atomic E-state index is 11.9. The second-order valence-corrected chi connectivity index (χ2v) is 5.76. The fourth-order valence-electron chi connectivity index (χ4n) is 2.68. The Morgan fingerprint density at radius 3 is 2.77 bits per heavy atom. The lowest BCUT2D eigenvalue weighted by atomic mass is 10.1. The van der Waals surface area contributed by atoms with E-state index in [2.05, 4.69) is 25.8 Å². The molecule has 0 bridgehead atoms. The largest absolute Gasteiger partial charge is 0.506 e. The summed E-state index contributed by atoms with van der Waals surface area (Å²) in [6, 6.07) is 6.88. The van der Waals surface area contributed by atoms with E-state index in [4.69, 9.17) is 5.73 Å². The van der Waals surface area contributed by atoms with Gasteiger partial charge < -0.3 is 21.5 Å². The van der Waals surface area contributed by atoms with Crippen molar-refractivity contribution in [3.05, 3.63) is 62.7 Å². The highest BCUT2D eigenvalue weighted by molar-refractivity contribution is 5.92. The third-order valence-corrected chi connectivity index (χ3v) is 4.12. The van der Waals surface area contributed by atoms with Crippen molar-refractivity contribution in [3.8, 4) is 5.75 Å². The molecule has 2 aromatic heterocycles. The summed E-state index contributed by atoms with van der Waals surface area (Å²) in [7, 11) is 0. The highest BCUT2D eigenvalue weighted by Crippen LogP contribution is 2.26. The molecule has 6 N–H and O–H groups in total. The molecule has 9 nitrogen and oxygen atoms in total. The average molecular weight is 350 g/mol. The highest BCUT2D eigenvalue weighted by atomic mass is 16.3. The number of benzene rings is 1. The Bertz CT molecular complexity index is 1190. The summed E-state index contributed by atoms with van der Waals surface area (Å²) >= 11 is 0. The van der Waals surface area contributed by atoms with Crippen LogP contribution in [0.2, 0.25) is 0 Å². The van der Waals surface area contributed by atoms with Crippen LogP contribution in [-0.2, 0) is 6.54 Å². The van der Waals surface area contributed by atoms with Crippen LogP contribution in [-0.4, -0.2) is 20.3 Å². The van der Waals surface area contributed by atoms with Crippen molar-refractivity contribution in [1.29, 1.82) is 0 Å². The van der Waals surface area contributed by atoms with Crippen molar-refractivity contribution in [2.24, 2.45) is 0 Å². The maximum absolute atomic E-state index is 11.9. The number of nitrogens with one attached hydrogen (secondary N) is 3. The van der Waals surface area contributed by atoms with Gasteiger partial charge in [-0.2, -0.15) is 5.10 Å². The van der Waals surface area contributed by atoms with Gasteiger partial charge in [0.2, 0.25) is 0 Å². The van der Waals surface area contributed by atoms with Crippen LogP contribution in [0.25, 0.3) is 10.9 Å². The van der Waals surface area contributed by atoms with Crippen LogP contribution in [0.3, 0.4) is 0 Å². The van der Waals surface area contributed by atoms with Crippen LogP contribution in [0.5, 0.6) is 5.75 Å². The minimum atomic E-state index is -0.607. The number of aromatic nitrogens is 3. The molecule has 26 heavy (non-hydrogen) atoms. The average Bonchev–Trinajstić information content (AvgIpc) is 3.02. The summed E-state index contributed by atoms with van der Waals surface area (Å²) in [5.74, 6) is 0.356. The van der Waals surface area contributed by atoms with Crippen LogP contribution in [0, 0.1) is 0 Å². The first kappa shape index (κ1) is 15.6. The number of nitrogen functional groups attached to an aromatic ring is 1.